The molecule has 5 heteroatoms. The van der Waals surface area contributed by atoms with Gasteiger partial charge in [0.15, 0.2) is 0 Å². The lowest BCUT2D eigenvalue weighted by atomic mass is 10.0. The first kappa shape index (κ1) is 14.2. The molecule has 1 aromatic carbocycles. The van der Waals surface area contributed by atoms with E-state index in [1.54, 1.807) is 0 Å². The van der Waals surface area contributed by atoms with Crippen LogP contribution in [-0.4, -0.2) is 17.6 Å². The minimum absolute atomic E-state index is 0.170. The fourth-order valence-corrected chi connectivity index (χ4v) is 2.47. The van der Waals surface area contributed by atoms with E-state index < -0.39 is 0 Å². The molecule has 0 spiro atoms. The van der Waals surface area contributed by atoms with Gasteiger partial charge in [-0.05, 0) is 42.9 Å². The summed E-state index contributed by atoms with van der Waals surface area (Å²) in [5.74, 6) is 0.315. The average molecular weight is 282 g/mol. The molecule has 0 amide bonds. The zero-order valence-corrected chi connectivity index (χ0v) is 11.8. The number of hydrogen-bond donors (Lipinski definition) is 3. The second-order valence-corrected chi connectivity index (χ2v) is 5.86. The first-order chi connectivity index (χ1) is 9.04. The van der Waals surface area contributed by atoms with Crippen molar-refractivity contribution in [3.8, 4) is 0 Å². The fraction of sp³-hybridized carbons (Fsp3) is 0.500. The Morgan fingerprint density at radius 2 is 2.32 bits per heavy atom. The first-order valence-corrected chi connectivity index (χ1v) is 6.88. The van der Waals surface area contributed by atoms with Gasteiger partial charge in [-0.3, -0.25) is 0 Å². The van der Waals surface area contributed by atoms with Crippen molar-refractivity contribution in [2.24, 2.45) is 16.3 Å². The van der Waals surface area contributed by atoms with Gasteiger partial charge in [-0.2, -0.15) is 0 Å². The summed E-state index contributed by atoms with van der Waals surface area (Å²) < 4.78 is 0. The summed E-state index contributed by atoms with van der Waals surface area (Å²) >= 11 is 5.99. The second-order valence-electron chi connectivity index (χ2n) is 5.43. The molecule has 1 aliphatic carbocycles. The summed E-state index contributed by atoms with van der Waals surface area (Å²) in [6, 6.07) is 8.11. The highest BCUT2D eigenvalue weighted by Crippen LogP contribution is 2.48. The van der Waals surface area contributed by atoms with Crippen molar-refractivity contribution < 1.29 is 5.21 Å². The summed E-state index contributed by atoms with van der Waals surface area (Å²) in [7, 11) is 0. The van der Waals surface area contributed by atoms with Gasteiger partial charge >= 0.3 is 0 Å². The third-order valence-electron chi connectivity index (χ3n) is 3.77. The van der Waals surface area contributed by atoms with Gasteiger partial charge in [0.1, 0.15) is 5.84 Å². The third-order valence-corrected chi connectivity index (χ3v) is 4.01. The third kappa shape index (κ3) is 3.85. The van der Waals surface area contributed by atoms with Crippen LogP contribution in [0.5, 0.6) is 0 Å². The lowest BCUT2D eigenvalue weighted by Gasteiger charge is -2.20. The number of nitrogens with two attached hydrogens (primary N) is 1. The van der Waals surface area contributed by atoms with Crippen molar-refractivity contribution >= 4 is 17.4 Å². The molecule has 1 aromatic rings. The number of rotatable bonds is 6. The quantitative estimate of drug-likeness (QED) is 0.325. The molecule has 0 aromatic heterocycles. The summed E-state index contributed by atoms with van der Waals surface area (Å²) in [5.41, 5.74) is 6.93. The zero-order chi connectivity index (χ0) is 13.9. The molecule has 19 heavy (non-hydrogen) atoms. The SMILES string of the molecule is CC(NCC1(CC(N)=NO)CC1)c1cccc(Cl)c1. The van der Waals surface area contributed by atoms with Crippen molar-refractivity contribution in [2.75, 3.05) is 6.54 Å². The van der Waals surface area contributed by atoms with Crippen LogP contribution in [0.3, 0.4) is 0 Å². The number of halogens is 1. The topological polar surface area (TPSA) is 70.6 Å². The van der Waals surface area contributed by atoms with Gasteiger partial charge in [0.25, 0.3) is 0 Å². The molecule has 0 aliphatic heterocycles. The van der Waals surface area contributed by atoms with E-state index in [1.165, 1.54) is 5.56 Å². The number of oxime groups is 1. The zero-order valence-electron chi connectivity index (χ0n) is 11.1. The Labute approximate surface area is 118 Å². The van der Waals surface area contributed by atoms with Crippen molar-refractivity contribution in [3.63, 3.8) is 0 Å². The Kier molecular flexibility index (Phi) is 4.32. The molecule has 1 atom stereocenters. The maximum absolute atomic E-state index is 8.64. The van der Waals surface area contributed by atoms with E-state index in [0.29, 0.717) is 12.3 Å². The number of nitrogens with zero attached hydrogens (tertiary/aromatic N) is 1. The van der Waals surface area contributed by atoms with Crippen LogP contribution in [0.15, 0.2) is 29.4 Å². The predicted octanol–water partition coefficient (Wildman–Crippen LogP) is 2.91. The highest BCUT2D eigenvalue weighted by atomic mass is 35.5. The van der Waals surface area contributed by atoms with Crippen LogP contribution >= 0.6 is 11.6 Å². The van der Waals surface area contributed by atoms with Gasteiger partial charge in [0.2, 0.25) is 0 Å². The molecule has 1 unspecified atom stereocenters. The number of amidine groups is 1. The van der Waals surface area contributed by atoms with Crippen molar-refractivity contribution in [1.82, 2.24) is 5.32 Å². The molecule has 0 heterocycles. The van der Waals surface area contributed by atoms with E-state index >= 15 is 0 Å². The Balaban J connectivity index is 1.89. The van der Waals surface area contributed by atoms with Gasteiger partial charge in [0, 0.05) is 24.0 Å². The largest absolute Gasteiger partial charge is 0.409 e. The molecular formula is C14H20ClN3O. The average Bonchev–Trinajstić information content (AvgIpc) is 3.16. The summed E-state index contributed by atoms with van der Waals surface area (Å²) in [6.07, 6.45) is 2.90. The van der Waals surface area contributed by atoms with Crippen LogP contribution in [0.4, 0.5) is 0 Å². The number of hydrogen-bond acceptors (Lipinski definition) is 3. The monoisotopic (exact) mass is 281 g/mol. The lowest BCUT2D eigenvalue weighted by Crippen LogP contribution is -2.30. The van der Waals surface area contributed by atoms with E-state index in [4.69, 9.17) is 22.5 Å². The van der Waals surface area contributed by atoms with Crippen molar-refractivity contribution in [2.45, 2.75) is 32.2 Å². The summed E-state index contributed by atoms with van der Waals surface area (Å²) in [6.45, 7) is 2.99. The molecule has 4 nitrogen and oxygen atoms in total. The van der Waals surface area contributed by atoms with Crippen LogP contribution in [-0.2, 0) is 0 Å². The molecule has 0 saturated heterocycles. The van der Waals surface area contributed by atoms with Crippen LogP contribution in [0.1, 0.15) is 37.8 Å². The van der Waals surface area contributed by atoms with E-state index in [0.717, 1.165) is 24.4 Å². The smallest absolute Gasteiger partial charge is 0.139 e. The van der Waals surface area contributed by atoms with E-state index in [-0.39, 0.29) is 11.5 Å². The molecule has 1 saturated carbocycles. The number of benzene rings is 1. The summed E-state index contributed by atoms with van der Waals surface area (Å²) in [5, 5.41) is 16.0. The van der Waals surface area contributed by atoms with Crippen molar-refractivity contribution in [3.05, 3.63) is 34.9 Å². The van der Waals surface area contributed by atoms with Gasteiger partial charge < -0.3 is 16.3 Å². The van der Waals surface area contributed by atoms with Crippen LogP contribution in [0.2, 0.25) is 5.02 Å². The van der Waals surface area contributed by atoms with E-state index in [2.05, 4.69) is 23.5 Å². The normalized spacial score (nSPS) is 19.2. The highest BCUT2D eigenvalue weighted by Gasteiger charge is 2.43. The molecule has 0 radical (unpaired) electrons. The van der Waals surface area contributed by atoms with Gasteiger partial charge in [0.05, 0.1) is 0 Å². The van der Waals surface area contributed by atoms with Gasteiger partial charge in [-0.15, -0.1) is 0 Å². The first-order valence-electron chi connectivity index (χ1n) is 6.50. The standard InChI is InChI=1S/C14H20ClN3O/c1-10(11-3-2-4-12(15)7-11)17-9-14(5-6-14)8-13(16)18-19/h2-4,7,10,17,19H,5-6,8-9H2,1H3,(H2,16,18). The molecule has 104 valence electrons. The van der Waals surface area contributed by atoms with Crippen molar-refractivity contribution in [1.29, 1.82) is 0 Å². The molecule has 2 rings (SSSR count). The van der Waals surface area contributed by atoms with Gasteiger partial charge in [-0.1, -0.05) is 28.9 Å². The minimum Gasteiger partial charge on any atom is -0.409 e. The molecular weight excluding hydrogens is 262 g/mol. The van der Waals surface area contributed by atoms with Crippen LogP contribution < -0.4 is 11.1 Å². The second kappa shape index (κ2) is 5.80. The predicted molar refractivity (Wildman–Crippen MR) is 77.6 cm³/mol. The lowest BCUT2D eigenvalue weighted by molar-refractivity contribution is 0.313. The Morgan fingerprint density at radius 1 is 1.58 bits per heavy atom. The molecule has 1 aliphatic rings. The maximum atomic E-state index is 8.64. The molecule has 0 bridgehead atoms. The fourth-order valence-electron chi connectivity index (χ4n) is 2.28. The van der Waals surface area contributed by atoms with E-state index in [1.807, 2.05) is 18.2 Å². The van der Waals surface area contributed by atoms with Crippen LogP contribution in [0.25, 0.3) is 0 Å². The molecule has 4 N–H and O–H groups in total. The Bertz CT molecular complexity index is 472. The Hall–Kier alpha value is -1.26. The Morgan fingerprint density at radius 3 is 2.89 bits per heavy atom. The van der Waals surface area contributed by atoms with E-state index in [9.17, 15) is 0 Å². The number of nitrogens with one attached hydrogen (secondary N) is 1. The highest BCUT2D eigenvalue weighted by molar-refractivity contribution is 6.30. The molecule has 1 fully saturated rings. The maximum Gasteiger partial charge on any atom is 0.139 e. The summed E-state index contributed by atoms with van der Waals surface area (Å²) in [4.78, 5) is 0. The van der Waals surface area contributed by atoms with Gasteiger partial charge in [-0.25, -0.2) is 0 Å². The minimum atomic E-state index is 0.170. The van der Waals surface area contributed by atoms with Crippen LogP contribution in [0, 0.1) is 5.41 Å².